The molecule has 0 aliphatic rings. The maximum Gasteiger partial charge on any atom is 0.174 e. The number of nitriles is 1. The topological polar surface area (TPSA) is 73.7 Å². The van der Waals surface area contributed by atoms with Crippen molar-refractivity contribution in [1.82, 2.24) is 15.3 Å². The molecule has 0 amide bonds. The standard InChI is InChI=1S/C14H16N4O/c15-6-8-19-14-3-1-12(2-4-14)9-16-7-5-13-10-17-11-18-13/h1-4,10-11,16H,5,7-9H2,(H,17,18). The summed E-state index contributed by atoms with van der Waals surface area (Å²) in [6, 6.07) is 9.69. The SMILES string of the molecule is N#CCOc1ccc(CNCCc2cnc[nH]2)cc1. The van der Waals surface area contributed by atoms with Crippen molar-refractivity contribution in [2.75, 3.05) is 13.2 Å². The normalized spacial score (nSPS) is 10.1. The Morgan fingerprint density at radius 3 is 2.84 bits per heavy atom. The lowest BCUT2D eigenvalue weighted by Gasteiger charge is -2.06. The second-order valence-electron chi connectivity index (χ2n) is 4.09. The molecule has 2 rings (SSSR count). The third kappa shape index (κ3) is 4.45. The summed E-state index contributed by atoms with van der Waals surface area (Å²) in [5.74, 6) is 0.725. The summed E-state index contributed by atoms with van der Waals surface area (Å²) in [7, 11) is 0. The maximum atomic E-state index is 8.41. The maximum absolute atomic E-state index is 8.41. The van der Waals surface area contributed by atoms with Crippen LogP contribution in [0.1, 0.15) is 11.3 Å². The third-order valence-corrected chi connectivity index (χ3v) is 2.68. The summed E-state index contributed by atoms with van der Waals surface area (Å²) in [6.45, 7) is 1.79. The minimum absolute atomic E-state index is 0.0851. The molecule has 0 spiro atoms. The van der Waals surface area contributed by atoms with Gasteiger partial charge in [-0.05, 0) is 17.7 Å². The summed E-state index contributed by atoms with van der Waals surface area (Å²) >= 11 is 0. The number of rotatable bonds is 7. The molecule has 1 aromatic carbocycles. The summed E-state index contributed by atoms with van der Waals surface area (Å²) in [6.07, 6.45) is 4.46. The van der Waals surface area contributed by atoms with Crippen LogP contribution in [0.5, 0.6) is 5.75 Å². The first-order valence-corrected chi connectivity index (χ1v) is 6.15. The highest BCUT2D eigenvalue weighted by molar-refractivity contribution is 5.27. The Labute approximate surface area is 112 Å². The Kier molecular flexibility index (Phi) is 4.96. The first kappa shape index (κ1) is 13.1. The third-order valence-electron chi connectivity index (χ3n) is 2.68. The number of aromatic nitrogens is 2. The molecule has 1 heterocycles. The van der Waals surface area contributed by atoms with E-state index >= 15 is 0 Å². The van der Waals surface area contributed by atoms with E-state index < -0.39 is 0 Å². The summed E-state index contributed by atoms with van der Waals surface area (Å²) in [5.41, 5.74) is 2.32. The van der Waals surface area contributed by atoms with Crippen LogP contribution in [-0.4, -0.2) is 23.1 Å². The van der Waals surface area contributed by atoms with Gasteiger partial charge in [0.05, 0.1) is 6.33 Å². The van der Waals surface area contributed by atoms with Crippen LogP contribution in [0.3, 0.4) is 0 Å². The fourth-order valence-electron chi connectivity index (χ4n) is 1.70. The molecule has 2 aromatic rings. The Bertz CT molecular complexity index is 513. The Hall–Kier alpha value is -2.32. The number of aromatic amines is 1. The van der Waals surface area contributed by atoms with E-state index in [9.17, 15) is 0 Å². The molecule has 0 fully saturated rings. The van der Waals surface area contributed by atoms with Crippen molar-refractivity contribution in [1.29, 1.82) is 5.26 Å². The number of imidazole rings is 1. The zero-order chi connectivity index (χ0) is 13.3. The molecule has 0 unspecified atom stereocenters. The van der Waals surface area contributed by atoms with Crippen molar-refractivity contribution in [3.63, 3.8) is 0 Å². The quantitative estimate of drug-likeness (QED) is 0.739. The fourth-order valence-corrected chi connectivity index (χ4v) is 1.70. The van der Waals surface area contributed by atoms with E-state index in [0.717, 1.165) is 31.0 Å². The number of hydrogen-bond donors (Lipinski definition) is 2. The van der Waals surface area contributed by atoms with E-state index in [-0.39, 0.29) is 6.61 Å². The second-order valence-corrected chi connectivity index (χ2v) is 4.09. The van der Waals surface area contributed by atoms with E-state index in [1.54, 1.807) is 6.33 Å². The van der Waals surface area contributed by atoms with Crippen LogP contribution < -0.4 is 10.1 Å². The minimum atomic E-state index is 0.0851. The first-order chi connectivity index (χ1) is 9.38. The van der Waals surface area contributed by atoms with E-state index in [4.69, 9.17) is 10.00 Å². The van der Waals surface area contributed by atoms with Gasteiger partial charge in [-0.25, -0.2) is 4.98 Å². The number of H-pyrrole nitrogens is 1. The van der Waals surface area contributed by atoms with Crippen molar-refractivity contribution in [2.45, 2.75) is 13.0 Å². The van der Waals surface area contributed by atoms with Gasteiger partial charge in [0.1, 0.15) is 11.8 Å². The van der Waals surface area contributed by atoms with Crippen molar-refractivity contribution in [2.24, 2.45) is 0 Å². The molecule has 0 aliphatic carbocycles. The van der Waals surface area contributed by atoms with Crippen LogP contribution in [0, 0.1) is 11.3 Å². The van der Waals surface area contributed by atoms with Crippen molar-refractivity contribution in [3.8, 4) is 11.8 Å². The number of benzene rings is 1. The van der Waals surface area contributed by atoms with Crippen molar-refractivity contribution < 1.29 is 4.74 Å². The van der Waals surface area contributed by atoms with Crippen LogP contribution >= 0.6 is 0 Å². The minimum Gasteiger partial charge on any atom is -0.479 e. The smallest absolute Gasteiger partial charge is 0.174 e. The molecule has 0 atom stereocenters. The molecule has 1 aromatic heterocycles. The highest BCUT2D eigenvalue weighted by atomic mass is 16.5. The van der Waals surface area contributed by atoms with Gasteiger partial charge in [0, 0.05) is 31.4 Å². The predicted octanol–water partition coefficient (Wildman–Crippen LogP) is 1.64. The number of nitrogens with zero attached hydrogens (tertiary/aromatic N) is 2. The van der Waals surface area contributed by atoms with E-state index in [2.05, 4.69) is 15.3 Å². The molecule has 0 saturated carbocycles. The number of hydrogen-bond acceptors (Lipinski definition) is 4. The lowest BCUT2D eigenvalue weighted by Crippen LogP contribution is -2.16. The molecule has 0 saturated heterocycles. The van der Waals surface area contributed by atoms with Gasteiger partial charge in [0.25, 0.3) is 0 Å². The molecule has 5 heteroatoms. The molecule has 98 valence electrons. The first-order valence-electron chi connectivity index (χ1n) is 6.15. The molecular formula is C14H16N4O. The van der Waals surface area contributed by atoms with Crippen LogP contribution in [-0.2, 0) is 13.0 Å². The number of ether oxygens (including phenoxy) is 1. The average Bonchev–Trinajstić information content (AvgIpc) is 2.96. The van der Waals surface area contributed by atoms with Gasteiger partial charge in [0.2, 0.25) is 0 Å². The van der Waals surface area contributed by atoms with Crippen molar-refractivity contribution >= 4 is 0 Å². The molecule has 5 nitrogen and oxygen atoms in total. The summed E-state index contributed by atoms with van der Waals surface area (Å²) in [4.78, 5) is 7.04. The Morgan fingerprint density at radius 2 is 2.16 bits per heavy atom. The molecule has 0 aliphatic heterocycles. The number of nitrogens with one attached hydrogen (secondary N) is 2. The highest BCUT2D eigenvalue weighted by Crippen LogP contribution is 2.11. The predicted molar refractivity (Wildman–Crippen MR) is 71.5 cm³/mol. The summed E-state index contributed by atoms with van der Waals surface area (Å²) < 4.78 is 5.19. The van der Waals surface area contributed by atoms with E-state index in [1.807, 2.05) is 36.5 Å². The monoisotopic (exact) mass is 256 g/mol. The molecule has 2 N–H and O–H groups in total. The van der Waals surface area contributed by atoms with Crippen molar-refractivity contribution in [3.05, 3.63) is 48.0 Å². The van der Waals surface area contributed by atoms with Crippen LogP contribution in [0.25, 0.3) is 0 Å². The van der Waals surface area contributed by atoms with Gasteiger partial charge in [0.15, 0.2) is 6.61 Å². The van der Waals surface area contributed by atoms with Gasteiger partial charge in [-0.3, -0.25) is 0 Å². The van der Waals surface area contributed by atoms with Gasteiger partial charge in [-0.1, -0.05) is 12.1 Å². The summed E-state index contributed by atoms with van der Waals surface area (Å²) in [5, 5.41) is 11.8. The molecule has 0 bridgehead atoms. The second kappa shape index (κ2) is 7.19. The molecule has 19 heavy (non-hydrogen) atoms. The Morgan fingerprint density at radius 1 is 1.32 bits per heavy atom. The fraction of sp³-hybridized carbons (Fsp3) is 0.286. The lowest BCUT2D eigenvalue weighted by molar-refractivity contribution is 0.368. The largest absolute Gasteiger partial charge is 0.479 e. The van der Waals surface area contributed by atoms with E-state index in [0.29, 0.717) is 0 Å². The highest BCUT2D eigenvalue weighted by Gasteiger charge is 1.97. The zero-order valence-electron chi connectivity index (χ0n) is 10.6. The van der Waals surface area contributed by atoms with Crippen LogP contribution in [0.4, 0.5) is 0 Å². The zero-order valence-corrected chi connectivity index (χ0v) is 10.6. The van der Waals surface area contributed by atoms with E-state index in [1.165, 1.54) is 5.56 Å². The van der Waals surface area contributed by atoms with Crippen LogP contribution in [0.2, 0.25) is 0 Å². The van der Waals surface area contributed by atoms with Crippen LogP contribution in [0.15, 0.2) is 36.8 Å². The van der Waals surface area contributed by atoms with Gasteiger partial charge in [-0.2, -0.15) is 5.26 Å². The lowest BCUT2D eigenvalue weighted by atomic mass is 10.2. The van der Waals surface area contributed by atoms with Gasteiger partial charge in [-0.15, -0.1) is 0 Å². The average molecular weight is 256 g/mol. The molecule has 0 radical (unpaired) electrons. The van der Waals surface area contributed by atoms with Gasteiger partial charge >= 0.3 is 0 Å². The van der Waals surface area contributed by atoms with Gasteiger partial charge < -0.3 is 15.0 Å². The Balaban J connectivity index is 1.69. The molecular weight excluding hydrogens is 240 g/mol.